The number of carbonyl (C=O) groups excluding carboxylic acids is 1. The average Bonchev–Trinajstić information content (AvgIpc) is 2.29. The molecule has 18 heavy (non-hydrogen) atoms. The molecule has 0 atom stereocenters. The Morgan fingerprint density at radius 2 is 2.22 bits per heavy atom. The van der Waals surface area contributed by atoms with Gasteiger partial charge in [0.2, 0.25) is 0 Å². The first-order valence-corrected chi connectivity index (χ1v) is 5.31. The maximum atomic E-state index is 13.6. The van der Waals surface area contributed by atoms with Crippen molar-refractivity contribution >= 4 is 5.97 Å². The van der Waals surface area contributed by atoms with E-state index in [9.17, 15) is 18.0 Å². The van der Waals surface area contributed by atoms with E-state index in [2.05, 4.69) is 9.72 Å². The van der Waals surface area contributed by atoms with Gasteiger partial charge in [0.1, 0.15) is 5.69 Å². The van der Waals surface area contributed by atoms with Crippen molar-refractivity contribution in [2.45, 2.75) is 26.3 Å². The summed E-state index contributed by atoms with van der Waals surface area (Å²) >= 11 is 0. The standard InChI is InChI=1S/C11H13F3N2O2/c1-2-18-8(17)3-6-5-16-10(11(13)14)9(12)7(6)4-15/h5,11H,2-4,15H2,1H3. The number of aromatic nitrogens is 1. The number of nitrogens with two attached hydrogens (primary N) is 1. The minimum absolute atomic E-state index is 0.131. The number of esters is 1. The summed E-state index contributed by atoms with van der Waals surface area (Å²) < 4.78 is 43.2. The van der Waals surface area contributed by atoms with Gasteiger partial charge in [-0.15, -0.1) is 0 Å². The monoisotopic (exact) mass is 262 g/mol. The zero-order valence-corrected chi connectivity index (χ0v) is 9.75. The molecule has 0 aromatic carbocycles. The summed E-state index contributed by atoms with van der Waals surface area (Å²) in [6.45, 7) is 1.52. The van der Waals surface area contributed by atoms with Crippen LogP contribution in [0.3, 0.4) is 0 Å². The Bertz CT molecular complexity index is 439. The topological polar surface area (TPSA) is 65.2 Å². The van der Waals surface area contributed by atoms with Crippen molar-refractivity contribution in [3.05, 3.63) is 28.8 Å². The number of carbonyl (C=O) groups is 1. The van der Waals surface area contributed by atoms with Crippen molar-refractivity contribution in [2.75, 3.05) is 6.61 Å². The van der Waals surface area contributed by atoms with Crippen LogP contribution in [0.15, 0.2) is 6.20 Å². The first-order chi connectivity index (χ1) is 8.51. The Kier molecular flexibility index (Phi) is 5.08. The molecule has 0 unspecified atom stereocenters. The third kappa shape index (κ3) is 3.19. The Morgan fingerprint density at radius 3 is 2.72 bits per heavy atom. The summed E-state index contributed by atoms with van der Waals surface area (Å²) in [5, 5.41) is 0. The molecule has 0 saturated heterocycles. The van der Waals surface area contributed by atoms with Crippen LogP contribution in [0.25, 0.3) is 0 Å². The summed E-state index contributed by atoms with van der Waals surface area (Å²) in [6.07, 6.45) is -2.23. The molecule has 0 aliphatic carbocycles. The molecule has 1 heterocycles. The van der Waals surface area contributed by atoms with Gasteiger partial charge in [-0.2, -0.15) is 0 Å². The van der Waals surface area contributed by atoms with E-state index in [1.165, 1.54) is 0 Å². The van der Waals surface area contributed by atoms with Crippen LogP contribution in [0, 0.1) is 5.82 Å². The van der Waals surface area contributed by atoms with Gasteiger partial charge in [0.05, 0.1) is 13.0 Å². The number of hydrogen-bond donors (Lipinski definition) is 1. The number of rotatable bonds is 5. The SMILES string of the molecule is CCOC(=O)Cc1cnc(C(F)F)c(F)c1CN. The van der Waals surface area contributed by atoms with Crippen LogP contribution in [0.4, 0.5) is 13.2 Å². The molecule has 1 aromatic rings. The van der Waals surface area contributed by atoms with Gasteiger partial charge in [-0.25, -0.2) is 13.2 Å². The Balaban J connectivity index is 3.07. The lowest BCUT2D eigenvalue weighted by Gasteiger charge is -2.11. The van der Waals surface area contributed by atoms with E-state index in [0.29, 0.717) is 0 Å². The lowest BCUT2D eigenvalue weighted by Crippen LogP contribution is -2.14. The normalized spacial score (nSPS) is 10.8. The van der Waals surface area contributed by atoms with E-state index in [4.69, 9.17) is 5.73 Å². The first kappa shape index (κ1) is 14.4. The summed E-state index contributed by atoms with van der Waals surface area (Å²) in [7, 11) is 0. The number of pyridine rings is 1. The fourth-order valence-corrected chi connectivity index (χ4v) is 1.47. The van der Waals surface area contributed by atoms with Crippen molar-refractivity contribution in [3.8, 4) is 0 Å². The lowest BCUT2D eigenvalue weighted by molar-refractivity contribution is -0.142. The van der Waals surface area contributed by atoms with E-state index in [1.807, 2.05) is 0 Å². The summed E-state index contributed by atoms with van der Waals surface area (Å²) in [6, 6.07) is 0. The highest BCUT2D eigenvalue weighted by Crippen LogP contribution is 2.24. The molecule has 0 aliphatic rings. The lowest BCUT2D eigenvalue weighted by atomic mass is 10.1. The van der Waals surface area contributed by atoms with Crippen LogP contribution in [-0.4, -0.2) is 17.6 Å². The second kappa shape index (κ2) is 6.34. The van der Waals surface area contributed by atoms with Gasteiger partial charge in [-0.1, -0.05) is 0 Å². The van der Waals surface area contributed by atoms with Crippen LogP contribution >= 0.6 is 0 Å². The average molecular weight is 262 g/mol. The largest absolute Gasteiger partial charge is 0.466 e. The Labute approximate surface area is 102 Å². The second-order valence-corrected chi connectivity index (χ2v) is 3.45. The third-order valence-electron chi connectivity index (χ3n) is 2.29. The summed E-state index contributed by atoms with van der Waals surface area (Å²) in [5.74, 6) is -1.74. The minimum Gasteiger partial charge on any atom is -0.466 e. The summed E-state index contributed by atoms with van der Waals surface area (Å²) in [5.41, 5.74) is 4.38. The van der Waals surface area contributed by atoms with E-state index in [1.54, 1.807) is 6.92 Å². The fraction of sp³-hybridized carbons (Fsp3) is 0.455. The molecular formula is C11H13F3N2O2. The van der Waals surface area contributed by atoms with E-state index < -0.39 is 23.9 Å². The quantitative estimate of drug-likeness (QED) is 0.820. The first-order valence-electron chi connectivity index (χ1n) is 5.31. The van der Waals surface area contributed by atoms with Crippen molar-refractivity contribution in [2.24, 2.45) is 5.73 Å². The predicted octanol–water partition coefficient (Wildman–Crippen LogP) is 1.72. The highest BCUT2D eigenvalue weighted by Gasteiger charge is 2.21. The molecule has 0 fully saturated rings. The predicted molar refractivity (Wildman–Crippen MR) is 57.4 cm³/mol. The highest BCUT2D eigenvalue weighted by molar-refractivity contribution is 5.73. The number of hydrogen-bond acceptors (Lipinski definition) is 4. The zero-order valence-electron chi connectivity index (χ0n) is 9.75. The van der Waals surface area contributed by atoms with Crippen molar-refractivity contribution in [1.29, 1.82) is 0 Å². The van der Waals surface area contributed by atoms with Crippen molar-refractivity contribution < 1.29 is 22.7 Å². The molecule has 0 spiro atoms. The van der Waals surface area contributed by atoms with E-state index in [-0.39, 0.29) is 30.7 Å². The Hall–Kier alpha value is -1.63. The van der Waals surface area contributed by atoms with Crippen LogP contribution in [0.2, 0.25) is 0 Å². The van der Waals surface area contributed by atoms with E-state index in [0.717, 1.165) is 6.20 Å². The maximum absolute atomic E-state index is 13.6. The number of nitrogens with zero attached hydrogens (tertiary/aromatic N) is 1. The van der Waals surface area contributed by atoms with Gasteiger partial charge in [0.25, 0.3) is 6.43 Å². The van der Waals surface area contributed by atoms with Gasteiger partial charge < -0.3 is 10.5 Å². The molecule has 0 aliphatic heterocycles. The van der Waals surface area contributed by atoms with E-state index >= 15 is 0 Å². The molecule has 0 bridgehead atoms. The molecule has 4 nitrogen and oxygen atoms in total. The number of alkyl halides is 2. The second-order valence-electron chi connectivity index (χ2n) is 3.45. The van der Waals surface area contributed by atoms with Crippen molar-refractivity contribution in [3.63, 3.8) is 0 Å². The van der Waals surface area contributed by atoms with Crippen molar-refractivity contribution in [1.82, 2.24) is 4.98 Å². The van der Waals surface area contributed by atoms with Crippen LogP contribution in [0.1, 0.15) is 30.2 Å². The molecule has 2 N–H and O–H groups in total. The fourth-order valence-electron chi connectivity index (χ4n) is 1.47. The van der Waals surface area contributed by atoms with Gasteiger partial charge in [-0.05, 0) is 12.5 Å². The van der Waals surface area contributed by atoms with Gasteiger partial charge >= 0.3 is 5.97 Å². The van der Waals surface area contributed by atoms with Gasteiger partial charge in [0, 0.05) is 18.3 Å². The number of halogens is 3. The third-order valence-corrected chi connectivity index (χ3v) is 2.29. The smallest absolute Gasteiger partial charge is 0.310 e. The molecule has 0 saturated carbocycles. The Morgan fingerprint density at radius 1 is 1.56 bits per heavy atom. The summed E-state index contributed by atoms with van der Waals surface area (Å²) in [4.78, 5) is 14.6. The molecule has 0 radical (unpaired) electrons. The van der Waals surface area contributed by atoms with Crippen LogP contribution in [0.5, 0.6) is 0 Å². The molecule has 1 rings (SSSR count). The molecule has 100 valence electrons. The molecule has 7 heteroatoms. The van der Waals surface area contributed by atoms with Crippen LogP contribution < -0.4 is 5.73 Å². The maximum Gasteiger partial charge on any atom is 0.310 e. The zero-order chi connectivity index (χ0) is 13.7. The highest BCUT2D eigenvalue weighted by atomic mass is 19.3. The molecule has 0 amide bonds. The van der Waals surface area contributed by atoms with Crippen LogP contribution in [-0.2, 0) is 22.5 Å². The molecular weight excluding hydrogens is 249 g/mol. The molecule has 1 aromatic heterocycles. The van der Waals surface area contributed by atoms with Gasteiger partial charge in [0.15, 0.2) is 5.82 Å². The van der Waals surface area contributed by atoms with Gasteiger partial charge in [-0.3, -0.25) is 9.78 Å². The minimum atomic E-state index is -3.02. The number of ether oxygens (including phenoxy) is 1.